The number of likely N-dealkylation sites (N-methyl/N-ethyl adjacent to an activating group) is 1. The molecule has 3 aromatic rings. The van der Waals surface area contributed by atoms with Crippen molar-refractivity contribution >= 4 is 63.8 Å². The average Bonchev–Trinajstić information content (AvgIpc) is 3.13. The minimum Gasteiger partial charge on any atom is -0.489 e. The van der Waals surface area contributed by atoms with Crippen LogP contribution in [0.1, 0.15) is 28.4 Å². The van der Waals surface area contributed by atoms with E-state index in [0.29, 0.717) is 44.7 Å². The fraction of sp³-hybridized carbons (Fsp3) is 0.115. The molecular weight excluding hydrogens is 507 g/mol. The summed E-state index contributed by atoms with van der Waals surface area (Å²) in [6, 6.07) is 18.9. The molecule has 1 aliphatic heterocycles. The quantitative estimate of drug-likeness (QED) is 0.339. The van der Waals surface area contributed by atoms with Crippen LogP contribution in [-0.4, -0.2) is 33.6 Å². The molecule has 4 rings (SSSR count). The van der Waals surface area contributed by atoms with Gasteiger partial charge in [0.15, 0.2) is 5.17 Å². The summed E-state index contributed by atoms with van der Waals surface area (Å²) in [5.41, 5.74) is 2.28. The zero-order chi connectivity index (χ0) is 24.9. The van der Waals surface area contributed by atoms with Gasteiger partial charge < -0.3 is 9.84 Å². The van der Waals surface area contributed by atoms with Gasteiger partial charge in [-0.15, -0.1) is 0 Å². The van der Waals surface area contributed by atoms with Crippen LogP contribution in [0, 0.1) is 0 Å². The largest absolute Gasteiger partial charge is 0.489 e. The fourth-order valence-electron chi connectivity index (χ4n) is 3.30. The van der Waals surface area contributed by atoms with Gasteiger partial charge in [-0.25, -0.2) is 9.79 Å². The molecule has 0 aliphatic carbocycles. The highest BCUT2D eigenvalue weighted by Crippen LogP contribution is 2.34. The molecule has 0 unspecified atom stereocenters. The highest BCUT2D eigenvalue weighted by atomic mass is 35.5. The van der Waals surface area contributed by atoms with Gasteiger partial charge in [-0.2, -0.15) is 0 Å². The molecule has 35 heavy (non-hydrogen) atoms. The number of ether oxygens (including phenoxy) is 1. The van der Waals surface area contributed by atoms with Gasteiger partial charge in [-0.05, 0) is 72.8 Å². The Kier molecular flexibility index (Phi) is 7.80. The van der Waals surface area contributed by atoms with E-state index in [1.165, 1.54) is 23.9 Å². The van der Waals surface area contributed by atoms with E-state index in [4.69, 9.17) is 27.9 Å². The molecule has 0 saturated carbocycles. The number of carbonyl (C=O) groups excluding carboxylic acids is 1. The number of aliphatic imine (C=N–C) groups is 1. The van der Waals surface area contributed by atoms with Gasteiger partial charge in [-0.3, -0.25) is 9.69 Å². The summed E-state index contributed by atoms with van der Waals surface area (Å²) in [5, 5.41) is 10.8. The number of hydrogen-bond donors (Lipinski definition) is 1. The molecule has 0 atom stereocenters. The van der Waals surface area contributed by atoms with Crippen molar-refractivity contribution in [2.24, 2.45) is 4.99 Å². The van der Waals surface area contributed by atoms with Crippen LogP contribution in [-0.2, 0) is 11.4 Å². The lowest BCUT2D eigenvalue weighted by Gasteiger charge is -2.12. The molecule has 3 aromatic carbocycles. The second kappa shape index (κ2) is 11.0. The number of benzene rings is 3. The van der Waals surface area contributed by atoms with Gasteiger partial charge in [0, 0.05) is 22.2 Å². The summed E-state index contributed by atoms with van der Waals surface area (Å²) in [4.78, 5) is 30.8. The third-order valence-corrected chi connectivity index (χ3v) is 6.70. The smallest absolute Gasteiger partial charge is 0.335 e. The minimum absolute atomic E-state index is 0.139. The Balaban J connectivity index is 1.48. The lowest BCUT2D eigenvalue weighted by atomic mass is 10.2. The summed E-state index contributed by atoms with van der Waals surface area (Å²) < 4.78 is 5.81. The van der Waals surface area contributed by atoms with Crippen molar-refractivity contribution in [2.45, 2.75) is 13.5 Å². The SMILES string of the molecule is CCN1C(=O)C(=Cc2ccc(OCc3ccc(Cl)cc3Cl)cc2)SC1=Nc1cccc(C(=O)O)c1. The highest BCUT2D eigenvalue weighted by Gasteiger charge is 2.32. The Morgan fingerprint density at radius 3 is 2.57 bits per heavy atom. The Bertz CT molecular complexity index is 1340. The number of halogens is 2. The van der Waals surface area contributed by atoms with Crippen molar-refractivity contribution in [3.63, 3.8) is 0 Å². The van der Waals surface area contributed by atoms with Gasteiger partial charge in [0.1, 0.15) is 12.4 Å². The van der Waals surface area contributed by atoms with Crippen molar-refractivity contribution in [2.75, 3.05) is 6.54 Å². The summed E-state index contributed by atoms with van der Waals surface area (Å²) in [5.74, 6) is -0.513. The predicted molar refractivity (Wildman–Crippen MR) is 141 cm³/mol. The van der Waals surface area contributed by atoms with Crippen molar-refractivity contribution in [1.82, 2.24) is 4.90 Å². The molecule has 1 amide bonds. The fourth-order valence-corrected chi connectivity index (χ4v) is 4.83. The predicted octanol–water partition coefficient (Wildman–Crippen LogP) is 6.89. The van der Waals surface area contributed by atoms with Gasteiger partial charge in [0.05, 0.1) is 16.2 Å². The second-order valence-corrected chi connectivity index (χ2v) is 9.36. The van der Waals surface area contributed by atoms with Crippen molar-refractivity contribution in [1.29, 1.82) is 0 Å². The first kappa shape index (κ1) is 24.9. The van der Waals surface area contributed by atoms with E-state index in [9.17, 15) is 14.7 Å². The van der Waals surface area contributed by atoms with Crippen LogP contribution in [0.25, 0.3) is 6.08 Å². The van der Waals surface area contributed by atoms with E-state index < -0.39 is 5.97 Å². The summed E-state index contributed by atoms with van der Waals surface area (Å²) >= 11 is 13.4. The van der Waals surface area contributed by atoms with Crippen LogP contribution >= 0.6 is 35.0 Å². The summed E-state index contributed by atoms with van der Waals surface area (Å²) in [6.07, 6.45) is 1.80. The molecule has 1 N–H and O–H groups in total. The average molecular weight is 527 g/mol. The number of aromatic carboxylic acids is 1. The number of hydrogen-bond acceptors (Lipinski definition) is 5. The second-order valence-electron chi connectivity index (χ2n) is 7.50. The molecule has 9 heteroatoms. The minimum atomic E-state index is -1.03. The van der Waals surface area contributed by atoms with Crippen molar-refractivity contribution in [3.8, 4) is 5.75 Å². The zero-order valence-electron chi connectivity index (χ0n) is 18.6. The number of amidine groups is 1. The third-order valence-electron chi connectivity index (χ3n) is 5.11. The molecule has 0 bridgehead atoms. The first-order valence-corrected chi connectivity index (χ1v) is 12.2. The maximum absolute atomic E-state index is 12.9. The number of carboxylic acids is 1. The van der Waals surface area contributed by atoms with Crippen LogP contribution in [0.5, 0.6) is 5.75 Å². The Morgan fingerprint density at radius 2 is 1.89 bits per heavy atom. The normalized spacial score (nSPS) is 15.7. The van der Waals surface area contributed by atoms with Crippen molar-refractivity contribution < 1.29 is 19.4 Å². The van der Waals surface area contributed by atoms with E-state index >= 15 is 0 Å². The lowest BCUT2D eigenvalue weighted by Crippen LogP contribution is -2.28. The molecular formula is C26H20Cl2N2O4S. The maximum atomic E-state index is 12.9. The standard InChI is InChI=1S/C26H20Cl2N2O4S/c1-2-30-24(31)23(35-26(30)29-20-5-3-4-17(13-20)25(32)33)12-16-6-10-21(11-7-16)34-15-18-8-9-19(27)14-22(18)28/h3-14H,2,15H2,1H3,(H,32,33). The number of carbonyl (C=O) groups is 2. The van der Waals surface area contributed by atoms with E-state index in [2.05, 4.69) is 4.99 Å². The van der Waals surface area contributed by atoms with Gasteiger partial charge in [0.25, 0.3) is 5.91 Å². The summed E-state index contributed by atoms with van der Waals surface area (Å²) in [7, 11) is 0. The monoisotopic (exact) mass is 526 g/mol. The topological polar surface area (TPSA) is 79.2 Å². The summed E-state index contributed by atoms with van der Waals surface area (Å²) in [6.45, 7) is 2.61. The lowest BCUT2D eigenvalue weighted by molar-refractivity contribution is -0.122. The van der Waals surface area contributed by atoms with Gasteiger partial charge >= 0.3 is 5.97 Å². The molecule has 0 aromatic heterocycles. The molecule has 1 heterocycles. The Hall–Kier alpha value is -3.26. The zero-order valence-corrected chi connectivity index (χ0v) is 20.9. The molecule has 0 radical (unpaired) electrons. The van der Waals surface area contributed by atoms with E-state index in [0.717, 1.165) is 11.1 Å². The van der Waals surface area contributed by atoms with E-state index in [-0.39, 0.29) is 11.5 Å². The van der Waals surface area contributed by atoms with Crippen LogP contribution < -0.4 is 4.74 Å². The first-order chi connectivity index (χ1) is 16.8. The first-order valence-electron chi connectivity index (χ1n) is 10.6. The van der Waals surface area contributed by atoms with Gasteiger partial charge in [-0.1, -0.05) is 47.5 Å². The van der Waals surface area contributed by atoms with Crippen LogP contribution in [0.3, 0.4) is 0 Å². The number of carboxylic acid groups (broad SMARTS) is 1. The number of nitrogens with zero attached hydrogens (tertiary/aromatic N) is 2. The molecule has 6 nitrogen and oxygen atoms in total. The Morgan fingerprint density at radius 1 is 1.11 bits per heavy atom. The highest BCUT2D eigenvalue weighted by molar-refractivity contribution is 8.18. The van der Waals surface area contributed by atoms with E-state index in [1.54, 1.807) is 35.2 Å². The molecule has 0 spiro atoms. The molecule has 178 valence electrons. The third kappa shape index (κ3) is 6.06. The van der Waals surface area contributed by atoms with Gasteiger partial charge in [0.2, 0.25) is 0 Å². The van der Waals surface area contributed by atoms with Crippen molar-refractivity contribution in [3.05, 3.63) is 98.4 Å². The maximum Gasteiger partial charge on any atom is 0.335 e. The molecule has 1 aliphatic rings. The molecule has 1 saturated heterocycles. The van der Waals surface area contributed by atoms with Crippen LogP contribution in [0.4, 0.5) is 5.69 Å². The van der Waals surface area contributed by atoms with E-state index in [1.807, 2.05) is 37.3 Å². The molecule has 1 fully saturated rings. The van der Waals surface area contributed by atoms with Crippen LogP contribution in [0.2, 0.25) is 10.0 Å². The number of rotatable bonds is 7. The Labute approximate surface area is 216 Å². The van der Waals surface area contributed by atoms with Crippen LogP contribution in [0.15, 0.2) is 76.6 Å². The number of amides is 1. The number of thioether (sulfide) groups is 1.